The van der Waals surface area contributed by atoms with Crippen LogP contribution in [0.3, 0.4) is 0 Å². The second kappa shape index (κ2) is 6.38. The van der Waals surface area contributed by atoms with Crippen LogP contribution in [0, 0.1) is 6.92 Å². The minimum absolute atomic E-state index is 0.0548. The molecule has 1 aliphatic carbocycles. The molecule has 0 aliphatic heterocycles. The normalized spacial score (nSPS) is 24.1. The van der Waals surface area contributed by atoms with Gasteiger partial charge in [0.1, 0.15) is 0 Å². The van der Waals surface area contributed by atoms with Crippen molar-refractivity contribution in [3.8, 4) is 0 Å². The van der Waals surface area contributed by atoms with Crippen molar-refractivity contribution >= 4 is 11.8 Å². The van der Waals surface area contributed by atoms with Crippen molar-refractivity contribution in [3.63, 3.8) is 0 Å². The lowest BCUT2D eigenvalue weighted by molar-refractivity contribution is 0.390. The Hall–Kier alpha value is -0.810. The standard InChI is InChI=1S/C13H21N3OS/c1-3-14-10-6-4-5-7-11(10)18-13-15-9(2)8-12(17)16-13/h8,10-11,14H,3-7H2,1-2H3,(H,15,16,17). The summed E-state index contributed by atoms with van der Waals surface area (Å²) in [6.45, 7) is 5.00. The third-order valence-electron chi connectivity index (χ3n) is 3.28. The molecule has 1 fully saturated rings. The molecule has 2 N–H and O–H groups in total. The van der Waals surface area contributed by atoms with Gasteiger partial charge in [-0.2, -0.15) is 0 Å². The Morgan fingerprint density at radius 1 is 1.50 bits per heavy atom. The zero-order valence-corrected chi connectivity index (χ0v) is 11.8. The van der Waals surface area contributed by atoms with Gasteiger partial charge in [-0.15, -0.1) is 0 Å². The first-order chi connectivity index (χ1) is 8.69. The molecule has 0 bridgehead atoms. The molecule has 1 heterocycles. The number of hydrogen-bond donors (Lipinski definition) is 2. The molecule has 1 aliphatic rings. The summed E-state index contributed by atoms with van der Waals surface area (Å²) in [5.41, 5.74) is 0.734. The summed E-state index contributed by atoms with van der Waals surface area (Å²) in [7, 11) is 0. The van der Waals surface area contributed by atoms with Crippen LogP contribution < -0.4 is 10.9 Å². The maximum Gasteiger partial charge on any atom is 0.251 e. The summed E-state index contributed by atoms with van der Waals surface area (Å²) in [5, 5.41) is 4.82. The molecule has 1 saturated carbocycles. The average molecular weight is 267 g/mol. The highest BCUT2D eigenvalue weighted by Gasteiger charge is 2.25. The van der Waals surface area contributed by atoms with Crippen molar-refractivity contribution in [1.29, 1.82) is 0 Å². The molecular formula is C13H21N3OS. The predicted octanol–water partition coefficient (Wildman–Crippen LogP) is 2.09. The van der Waals surface area contributed by atoms with Crippen LogP contribution in [0.5, 0.6) is 0 Å². The minimum Gasteiger partial charge on any atom is -0.313 e. The van der Waals surface area contributed by atoms with Crippen molar-refractivity contribution in [2.24, 2.45) is 0 Å². The van der Waals surface area contributed by atoms with Crippen molar-refractivity contribution in [3.05, 3.63) is 22.1 Å². The fourth-order valence-corrected chi connectivity index (χ4v) is 3.81. The third-order valence-corrected chi connectivity index (χ3v) is 4.56. The number of aryl methyl sites for hydroxylation is 1. The van der Waals surface area contributed by atoms with Crippen LogP contribution in [0.25, 0.3) is 0 Å². The smallest absolute Gasteiger partial charge is 0.251 e. The number of aromatic nitrogens is 2. The molecular weight excluding hydrogens is 246 g/mol. The van der Waals surface area contributed by atoms with Gasteiger partial charge in [0.25, 0.3) is 5.56 Å². The van der Waals surface area contributed by atoms with Crippen LogP contribution >= 0.6 is 11.8 Å². The number of thioether (sulfide) groups is 1. The summed E-state index contributed by atoms with van der Waals surface area (Å²) in [5.74, 6) is 0. The van der Waals surface area contributed by atoms with E-state index in [-0.39, 0.29) is 5.56 Å². The van der Waals surface area contributed by atoms with Gasteiger partial charge in [-0.3, -0.25) is 4.79 Å². The Kier molecular flexibility index (Phi) is 4.83. The molecule has 4 nitrogen and oxygen atoms in total. The number of H-pyrrole nitrogens is 1. The van der Waals surface area contributed by atoms with E-state index in [1.807, 2.05) is 6.92 Å². The van der Waals surface area contributed by atoms with Crippen LogP contribution in [0.2, 0.25) is 0 Å². The van der Waals surface area contributed by atoms with E-state index in [4.69, 9.17) is 0 Å². The van der Waals surface area contributed by atoms with Crippen LogP contribution in [0.1, 0.15) is 38.3 Å². The third kappa shape index (κ3) is 3.59. The van der Waals surface area contributed by atoms with E-state index in [2.05, 4.69) is 22.2 Å². The van der Waals surface area contributed by atoms with Gasteiger partial charge in [-0.05, 0) is 26.3 Å². The quantitative estimate of drug-likeness (QED) is 0.820. The van der Waals surface area contributed by atoms with Gasteiger partial charge in [0.05, 0.1) is 0 Å². The molecule has 2 rings (SSSR count). The van der Waals surface area contributed by atoms with Gasteiger partial charge in [-0.25, -0.2) is 4.98 Å². The average Bonchev–Trinajstić information content (AvgIpc) is 2.30. The topological polar surface area (TPSA) is 57.8 Å². The van der Waals surface area contributed by atoms with Gasteiger partial charge in [0.2, 0.25) is 0 Å². The molecule has 0 saturated heterocycles. The summed E-state index contributed by atoms with van der Waals surface area (Å²) in [4.78, 5) is 18.7. The largest absolute Gasteiger partial charge is 0.313 e. The molecule has 2 atom stereocenters. The van der Waals surface area contributed by atoms with Gasteiger partial charge in [0, 0.05) is 23.1 Å². The molecule has 0 amide bonds. The van der Waals surface area contributed by atoms with Crippen LogP contribution in [-0.4, -0.2) is 27.8 Å². The van der Waals surface area contributed by atoms with E-state index in [0.29, 0.717) is 11.3 Å². The second-order valence-electron chi connectivity index (χ2n) is 4.80. The first-order valence-electron chi connectivity index (χ1n) is 6.67. The predicted molar refractivity (Wildman–Crippen MR) is 75.2 cm³/mol. The van der Waals surface area contributed by atoms with Crippen molar-refractivity contribution < 1.29 is 0 Å². The van der Waals surface area contributed by atoms with E-state index in [0.717, 1.165) is 17.4 Å². The molecule has 100 valence electrons. The van der Waals surface area contributed by atoms with Crippen molar-refractivity contribution in [1.82, 2.24) is 15.3 Å². The zero-order valence-electron chi connectivity index (χ0n) is 11.0. The van der Waals surface area contributed by atoms with Gasteiger partial charge in [-0.1, -0.05) is 31.5 Å². The Morgan fingerprint density at radius 3 is 3.00 bits per heavy atom. The first kappa shape index (κ1) is 13.6. The van der Waals surface area contributed by atoms with E-state index < -0.39 is 0 Å². The van der Waals surface area contributed by atoms with Crippen LogP contribution in [0.4, 0.5) is 0 Å². The molecule has 2 unspecified atom stereocenters. The summed E-state index contributed by atoms with van der Waals surface area (Å²) in [6, 6.07) is 2.08. The second-order valence-corrected chi connectivity index (χ2v) is 6.02. The van der Waals surface area contributed by atoms with Crippen LogP contribution in [0.15, 0.2) is 16.0 Å². The summed E-state index contributed by atoms with van der Waals surface area (Å²) < 4.78 is 0. The number of hydrogen-bond acceptors (Lipinski definition) is 4. The fourth-order valence-electron chi connectivity index (χ4n) is 2.48. The lowest BCUT2D eigenvalue weighted by Gasteiger charge is -2.31. The SMILES string of the molecule is CCNC1CCCCC1Sc1nc(C)cc(=O)[nH]1. The highest BCUT2D eigenvalue weighted by atomic mass is 32.2. The maximum atomic E-state index is 11.4. The maximum absolute atomic E-state index is 11.4. The Bertz CT molecular complexity index is 444. The first-order valence-corrected chi connectivity index (χ1v) is 7.55. The number of nitrogens with zero attached hydrogens (tertiary/aromatic N) is 1. The summed E-state index contributed by atoms with van der Waals surface area (Å²) in [6.07, 6.45) is 4.99. The Balaban J connectivity index is 2.08. The van der Waals surface area contributed by atoms with E-state index in [1.54, 1.807) is 11.8 Å². The lowest BCUT2D eigenvalue weighted by atomic mass is 9.95. The van der Waals surface area contributed by atoms with Crippen molar-refractivity contribution in [2.75, 3.05) is 6.54 Å². The van der Waals surface area contributed by atoms with E-state index in [9.17, 15) is 4.79 Å². The van der Waals surface area contributed by atoms with Crippen LogP contribution in [-0.2, 0) is 0 Å². The monoisotopic (exact) mass is 267 g/mol. The van der Waals surface area contributed by atoms with Gasteiger partial charge >= 0.3 is 0 Å². The van der Waals surface area contributed by atoms with E-state index in [1.165, 1.54) is 31.7 Å². The fraction of sp³-hybridized carbons (Fsp3) is 0.692. The highest BCUT2D eigenvalue weighted by Crippen LogP contribution is 2.31. The Labute approximate surface area is 112 Å². The van der Waals surface area contributed by atoms with Gasteiger partial charge in [0.15, 0.2) is 5.16 Å². The molecule has 0 radical (unpaired) electrons. The minimum atomic E-state index is -0.0548. The number of aromatic amines is 1. The zero-order chi connectivity index (χ0) is 13.0. The van der Waals surface area contributed by atoms with E-state index >= 15 is 0 Å². The molecule has 1 aromatic heterocycles. The van der Waals surface area contributed by atoms with Crippen molar-refractivity contribution in [2.45, 2.75) is 56.0 Å². The van der Waals surface area contributed by atoms with Gasteiger partial charge < -0.3 is 10.3 Å². The molecule has 0 aromatic carbocycles. The molecule has 5 heteroatoms. The number of nitrogens with one attached hydrogen (secondary N) is 2. The Morgan fingerprint density at radius 2 is 2.28 bits per heavy atom. The molecule has 1 aromatic rings. The summed E-state index contributed by atoms with van der Waals surface area (Å²) >= 11 is 1.71. The molecule has 0 spiro atoms. The highest BCUT2D eigenvalue weighted by molar-refractivity contribution is 7.99. The number of rotatable bonds is 4. The molecule has 18 heavy (non-hydrogen) atoms. The lowest BCUT2D eigenvalue weighted by Crippen LogP contribution is -2.40.